The molecule has 0 bridgehead atoms. The van der Waals surface area contributed by atoms with Crippen molar-refractivity contribution in [2.75, 3.05) is 13.1 Å². The zero-order valence-electron chi connectivity index (χ0n) is 4.86. The molecule has 0 amide bonds. The van der Waals surface area contributed by atoms with Crippen molar-refractivity contribution in [1.82, 2.24) is 5.32 Å². The van der Waals surface area contributed by atoms with Gasteiger partial charge in [-0.15, -0.1) is 5.92 Å². The van der Waals surface area contributed by atoms with Gasteiger partial charge in [0, 0.05) is 6.54 Å². The van der Waals surface area contributed by atoms with Gasteiger partial charge in [-0.3, -0.25) is 0 Å². The lowest BCUT2D eigenvalue weighted by atomic mass is 10.6. The second-order valence-electron chi connectivity index (χ2n) is 1.12. The van der Waals surface area contributed by atoms with Crippen molar-refractivity contribution >= 4 is 0 Å². The van der Waals surface area contributed by atoms with Gasteiger partial charge in [0.2, 0.25) is 0 Å². The van der Waals surface area contributed by atoms with E-state index in [4.69, 9.17) is 0 Å². The fourth-order valence-corrected chi connectivity index (χ4v) is 0.247. The summed E-state index contributed by atoms with van der Waals surface area (Å²) in [6.45, 7) is 5.42. The molecule has 39 valence electrons. The second-order valence-corrected chi connectivity index (χ2v) is 1.12. The van der Waals surface area contributed by atoms with E-state index in [-0.39, 0.29) is 0 Å². The topological polar surface area (TPSA) is 14.1 Å². The smallest absolute Gasteiger partial charge is 0.0745 e. The molecule has 0 atom stereocenters. The van der Waals surface area contributed by atoms with Gasteiger partial charge in [-0.1, -0.05) is 12.8 Å². The van der Waals surface area contributed by atoms with Crippen molar-refractivity contribution in [2.24, 2.45) is 0 Å². The van der Waals surface area contributed by atoms with Crippen molar-refractivity contribution in [3.63, 3.8) is 0 Å². The average molecular weight is 96.2 g/mol. The fourth-order valence-electron chi connectivity index (χ4n) is 0.247. The standard InChI is InChI=1S/C6H10N/c1-3-5-6-7-4-2/h4,6H2,1-2H3. The van der Waals surface area contributed by atoms with Crippen molar-refractivity contribution in [2.45, 2.75) is 13.8 Å². The molecule has 1 nitrogen and oxygen atoms in total. The van der Waals surface area contributed by atoms with Crippen LogP contribution in [0.1, 0.15) is 13.8 Å². The highest BCUT2D eigenvalue weighted by Gasteiger charge is 1.70. The number of hydrogen-bond donors (Lipinski definition) is 0. The zero-order chi connectivity index (χ0) is 5.54. The van der Waals surface area contributed by atoms with Gasteiger partial charge in [-0.05, 0) is 6.92 Å². The van der Waals surface area contributed by atoms with E-state index in [0.29, 0.717) is 6.54 Å². The first kappa shape index (κ1) is 6.52. The largest absolute Gasteiger partial charge is 0.229 e. The lowest BCUT2D eigenvalue weighted by Crippen LogP contribution is -2.02. The third-order valence-corrected chi connectivity index (χ3v) is 0.591. The maximum Gasteiger partial charge on any atom is 0.0745 e. The second kappa shape index (κ2) is 5.52. The molecule has 1 radical (unpaired) electrons. The average Bonchev–Trinajstić information content (AvgIpc) is 1.69. The highest BCUT2D eigenvalue weighted by Crippen LogP contribution is 1.57. The van der Waals surface area contributed by atoms with Crippen molar-refractivity contribution < 1.29 is 0 Å². The molecular weight excluding hydrogens is 86.1 g/mol. The summed E-state index contributed by atoms with van der Waals surface area (Å²) < 4.78 is 0. The van der Waals surface area contributed by atoms with Gasteiger partial charge in [0.15, 0.2) is 0 Å². The molecule has 0 aliphatic heterocycles. The van der Waals surface area contributed by atoms with Crippen LogP contribution >= 0.6 is 0 Å². The maximum absolute atomic E-state index is 3.99. The Kier molecular flexibility index (Phi) is 5.14. The minimum Gasteiger partial charge on any atom is -0.229 e. The highest BCUT2D eigenvalue weighted by atomic mass is 14.8. The Morgan fingerprint density at radius 2 is 2.29 bits per heavy atom. The molecule has 0 aromatic heterocycles. The van der Waals surface area contributed by atoms with E-state index in [0.717, 1.165) is 6.54 Å². The molecule has 0 aromatic rings. The highest BCUT2D eigenvalue weighted by molar-refractivity contribution is 4.96. The van der Waals surface area contributed by atoms with Crippen molar-refractivity contribution in [1.29, 1.82) is 0 Å². The van der Waals surface area contributed by atoms with Gasteiger partial charge in [0.1, 0.15) is 0 Å². The molecule has 0 aliphatic carbocycles. The van der Waals surface area contributed by atoms with Gasteiger partial charge in [0.25, 0.3) is 0 Å². The molecule has 0 aromatic carbocycles. The van der Waals surface area contributed by atoms with Crippen LogP contribution in [0.5, 0.6) is 0 Å². The van der Waals surface area contributed by atoms with Crippen LogP contribution in [0.2, 0.25) is 0 Å². The molecule has 0 unspecified atom stereocenters. The summed E-state index contributed by atoms with van der Waals surface area (Å²) in [6, 6.07) is 0. The van der Waals surface area contributed by atoms with E-state index in [1.807, 2.05) is 13.8 Å². The summed E-state index contributed by atoms with van der Waals surface area (Å²) in [5.74, 6) is 5.59. The summed E-state index contributed by atoms with van der Waals surface area (Å²) in [7, 11) is 0. The predicted octanol–water partition coefficient (Wildman–Crippen LogP) is 0.634. The van der Waals surface area contributed by atoms with Crippen molar-refractivity contribution in [3.05, 3.63) is 0 Å². The molecule has 7 heavy (non-hydrogen) atoms. The predicted molar refractivity (Wildman–Crippen MR) is 31.0 cm³/mol. The molecule has 0 fully saturated rings. The van der Waals surface area contributed by atoms with Gasteiger partial charge in [-0.25, -0.2) is 5.32 Å². The van der Waals surface area contributed by atoms with Crippen LogP contribution in [0.3, 0.4) is 0 Å². The SMILES string of the molecule is CC#CC[N]CC. The summed E-state index contributed by atoms with van der Waals surface area (Å²) in [5, 5.41) is 3.99. The van der Waals surface area contributed by atoms with Gasteiger partial charge in [-0.2, -0.15) is 0 Å². The number of hydrogen-bond acceptors (Lipinski definition) is 0. The Labute approximate surface area is 45.1 Å². The first-order valence-electron chi connectivity index (χ1n) is 2.44. The van der Waals surface area contributed by atoms with E-state index < -0.39 is 0 Å². The number of nitrogens with zero attached hydrogens (tertiary/aromatic N) is 1. The zero-order valence-corrected chi connectivity index (χ0v) is 4.86. The molecule has 1 heteroatoms. The van der Waals surface area contributed by atoms with Gasteiger partial charge >= 0.3 is 0 Å². The Morgan fingerprint density at radius 1 is 1.57 bits per heavy atom. The van der Waals surface area contributed by atoms with Crippen LogP contribution in [0, 0.1) is 11.8 Å². The lowest BCUT2D eigenvalue weighted by Gasteiger charge is -1.83. The molecule has 0 rings (SSSR count). The van der Waals surface area contributed by atoms with Gasteiger partial charge < -0.3 is 0 Å². The minimum absolute atomic E-state index is 0.701. The monoisotopic (exact) mass is 96.1 g/mol. The summed E-state index contributed by atoms with van der Waals surface area (Å²) in [4.78, 5) is 0. The van der Waals surface area contributed by atoms with Crippen LogP contribution in [-0.2, 0) is 0 Å². The van der Waals surface area contributed by atoms with Gasteiger partial charge in [0.05, 0.1) is 6.54 Å². The van der Waals surface area contributed by atoms with Crippen LogP contribution in [0.15, 0.2) is 0 Å². The minimum atomic E-state index is 0.701. The molecule has 0 heterocycles. The van der Waals surface area contributed by atoms with E-state index in [9.17, 15) is 0 Å². The fraction of sp³-hybridized carbons (Fsp3) is 0.667. The van der Waals surface area contributed by atoms with E-state index in [2.05, 4.69) is 17.2 Å². The van der Waals surface area contributed by atoms with E-state index in [1.54, 1.807) is 0 Å². The maximum atomic E-state index is 3.99. The normalized spacial score (nSPS) is 7.14. The molecule has 0 spiro atoms. The molecule has 0 aliphatic rings. The van der Waals surface area contributed by atoms with Crippen LogP contribution in [0.4, 0.5) is 0 Å². The first-order chi connectivity index (χ1) is 3.41. The summed E-state index contributed by atoms with van der Waals surface area (Å²) in [6.07, 6.45) is 0. The summed E-state index contributed by atoms with van der Waals surface area (Å²) >= 11 is 0. The lowest BCUT2D eigenvalue weighted by molar-refractivity contribution is 0.793. The molecular formula is C6H10N. The Balaban J connectivity index is 2.78. The molecule has 0 N–H and O–H groups in total. The quantitative estimate of drug-likeness (QED) is 0.353. The molecule has 0 saturated carbocycles. The Hall–Kier alpha value is -0.480. The third-order valence-electron chi connectivity index (χ3n) is 0.591. The Morgan fingerprint density at radius 3 is 2.71 bits per heavy atom. The first-order valence-corrected chi connectivity index (χ1v) is 2.44. The number of rotatable bonds is 2. The Bertz CT molecular complexity index is 75.9. The van der Waals surface area contributed by atoms with Crippen LogP contribution < -0.4 is 5.32 Å². The third kappa shape index (κ3) is 5.52. The van der Waals surface area contributed by atoms with Crippen LogP contribution in [-0.4, -0.2) is 13.1 Å². The molecule has 0 saturated heterocycles. The van der Waals surface area contributed by atoms with E-state index in [1.165, 1.54) is 0 Å². The summed E-state index contributed by atoms with van der Waals surface area (Å²) in [5.41, 5.74) is 0. The van der Waals surface area contributed by atoms with Crippen LogP contribution in [0.25, 0.3) is 0 Å². The van der Waals surface area contributed by atoms with E-state index >= 15 is 0 Å². The van der Waals surface area contributed by atoms with Crippen molar-refractivity contribution in [3.8, 4) is 11.8 Å².